The van der Waals surface area contributed by atoms with Crippen LogP contribution in [0.3, 0.4) is 0 Å². The first-order valence-electron chi connectivity index (χ1n) is 9.56. The van der Waals surface area contributed by atoms with E-state index in [9.17, 15) is 4.79 Å². The number of carbonyl (C=O) groups is 1. The fraction of sp³-hybridized carbons (Fsp3) is 0.476. The van der Waals surface area contributed by atoms with Crippen LogP contribution in [0.25, 0.3) is 0 Å². The molecule has 0 atom stereocenters. The zero-order chi connectivity index (χ0) is 19.1. The highest BCUT2D eigenvalue weighted by molar-refractivity contribution is 5.95. The van der Waals surface area contributed by atoms with Gasteiger partial charge in [-0.2, -0.15) is 0 Å². The fourth-order valence-electron chi connectivity index (χ4n) is 4.61. The van der Waals surface area contributed by atoms with Gasteiger partial charge in [0.05, 0.1) is 30.2 Å². The van der Waals surface area contributed by atoms with E-state index >= 15 is 0 Å². The van der Waals surface area contributed by atoms with Crippen molar-refractivity contribution in [1.29, 1.82) is 0 Å². The predicted octanol–water partition coefficient (Wildman–Crippen LogP) is 3.08. The standard InChI is InChI=1S/C21H27N5O/c1-16-22-13-18(14-23-16)26-15-20(24-19(26)27)9-11-21(12-10-20,25(2)3)17-7-5-4-6-8-17/h4-8,13-14H,9-12,15H2,1-3H3,(H,24,27). The lowest BCUT2D eigenvalue weighted by atomic mass is 9.69. The van der Waals surface area contributed by atoms with Gasteiger partial charge in [0.25, 0.3) is 0 Å². The Bertz CT molecular complexity index is 810. The predicted molar refractivity (Wildman–Crippen MR) is 106 cm³/mol. The van der Waals surface area contributed by atoms with Crippen molar-refractivity contribution in [2.24, 2.45) is 0 Å². The summed E-state index contributed by atoms with van der Waals surface area (Å²) in [5.41, 5.74) is 1.98. The highest BCUT2D eigenvalue weighted by Gasteiger charge is 2.50. The minimum Gasteiger partial charge on any atom is -0.330 e. The van der Waals surface area contributed by atoms with Crippen LogP contribution in [0.15, 0.2) is 42.7 Å². The topological polar surface area (TPSA) is 61.4 Å². The number of carbonyl (C=O) groups excluding carboxylic acids is 1. The summed E-state index contributed by atoms with van der Waals surface area (Å²) in [6.45, 7) is 2.53. The summed E-state index contributed by atoms with van der Waals surface area (Å²) in [4.78, 5) is 25.3. The summed E-state index contributed by atoms with van der Waals surface area (Å²) < 4.78 is 0. The Morgan fingerprint density at radius 3 is 2.26 bits per heavy atom. The molecule has 1 aliphatic heterocycles. The number of urea groups is 1. The molecule has 1 aromatic carbocycles. The van der Waals surface area contributed by atoms with Crippen LogP contribution < -0.4 is 10.2 Å². The normalized spacial score (nSPS) is 28.0. The molecule has 4 rings (SSSR count). The van der Waals surface area contributed by atoms with Crippen LogP contribution in [-0.4, -0.2) is 47.1 Å². The van der Waals surface area contributed by atoms with Gasteiger partial charge in [-0.25, -0.2) is 14.8 Å². The van der Waals surface area contributed by atoms with E-state index in [1.165, 1.54) is 5.56 Å². The Morgan fingerprint density at radius 1 is 1.04 bits per heavy atom. The van der Waals surface area contributed by atoms with E-state index in [1.807, 2.05) is 6.92 Å². The average Bonchev–Trinajstić information content (AvgIpc) is 3.00. The van der Waals surface area contributed by atoms with Crippen LogP contribution in [0.5, 0.6) is 0 Å². The lowest BCUT2D eigenvalue weighted by Gasteiger charge is -2.48. The third-order valence-corrected chi connectivity index (χ3v) is 6.36. The number of hydrogen-bond donors (Lipinski definition) is 1. The number of rotatable bonds is 3. The van der Waals surface area contributed by atoms with Crippen LogP contribution >= 0.6 is 0 Å². The smallest absolute Gasteiger partial charge is 0.322 e. The highest BCUT2D eigenvalue weighted by Crippen LogP contribution is 2.46. The van der Waals surface area contributed by atoms with Crippen molar-refractivity contribution in [2.75, 3.05) is 25.5 Å². The second-order valence-electron chi connectivity index (χ2n) is 8.08. The van der Waals surface area contributed by atoms with E-state index in [-0.39, 0.29) is 17.1 Å². The summed E-state index contributed by atoms with van der Waals surface area (Å²) in [6, 6.07) is 10.7. The number of nitrogens with one attached hydrogen (secondary N) is 1. The van der Waals surface area contributed by atoms with Crippen LogP contribution in [0.1, 0.15) is 37.1 Å². The Kier molecular flexibility index (Phi) is 4.38. The molecule has 0 radical (unpaired) electrons. The minimum atomic E-state index is -0.170. The molecule has 1 spiro atoms. The molecule has 2 aromatic rings. The van der Waals surface area contributed by atoms with Crippen molar-refractivity contribution in [3.63, 3.8) is 0 Å². The Balaban J connectivity index is 1.54. The van der Waals surface area contributed by atoms with Crippen molar-refractivity contribution in [3.05, 3.63) is 54.1 Å². The van der Waals surface area contributed by atoms with Gasteiger partial charge in [-0.05, 0) is 52.3 Å². The minimum absolute atomic E-state index is 0.0254. The number of aryl methyl sites for hydroxylation is 1. The van der Waals surface area contributed by atoms with Gasteiger partial charge >= 0.3 is 6.03 Å². The molecule has 0 unspecified atom stereocenters. The molecule has 2 aliphatic rings. The third-order valence-electron chi connectivity index (χ3n) is 6.36. The van der Waals surface area contributed by atoms with E-state index in [0.29, 0.717) is 12.4 Å². The van der Waals surface area contributed by atoms with E-state index < -0.39 is 0 Å². The molecule has 6 nitrogen and oxygen atoms in total. The molecule has 1 aliphatic carbocycles. The largest absolute Gasteiger partial charge is 0.330 e. The van der Waals surface area contributed by atoms with Crippen molar-refractivity contribution >= 4 is 11.7 Å². The summed E-state index contributed by atoms with van der Waals surface area (Å²) in [7, 11) is 4.32. The molecule has 0 bridgehead atoms. The molecule has 1 saturated heterocycles. The van der Waals surface area contributed by atoms with Gasteiger partial charge in [0, 0.05) is 5.54 Å². The monoisotopic (exact) mass is 365 g/mol. The highest BCUT2D eigenvalue weighted by atomic mass is 16.2. The van der Waals surface area contributed by atoms with Crippen molar-refractivity contribution in [1.82, 2.24) is 20.2 Å². The van der Waals surface area contributed by atoms with E-state index in [1.54, 1.807) is 17.3 Å². The summed E-state index contributed by atoms with van der Waals surface area (Å²) in [5, 5.41) is 3.27. The molecule has 2 heterocycles. The molecule has 1 saturated carbocycles. The number of hydrogen-bond acceptors (Lipinski definition) is 4. The maximum atomic E-state index is 12.6. The number of anilines is 1. The molecule has 2 fully saturated rings. The van der Waals surface area contributed by atoms with Crippen LogP contribution in [0, 0.1) is 6.92 Å². The van der Waals surface area contributed by atoms with Crippen LogP contribution in [0.2, 0.25) is 0 Å². The van der Waals surface area contributed by atoms with Crippen molar-refractivity contribution in [2.45, 2.75) is 43.7 Å². The third kappa shape index (κ3) is 3.08. The first-order chi connectivity index (χ1) is 12.9. The van der Waals surface area contributed by atoms with Gasteiger partial charge in [-0.3, -0.25) is 9.80 Å². The molecular weight excluding hydrogens is 338 g/mol. The van der Waals surface area contributed by atoms with Gasteiger partial charge in [0.15, 0.2) is 0 Å². The molecular formula is C21H27N5O. The molecule has 2 amide bonds. The molecule has 1 aromatic heterocycles. The number of amides is 2. The first kappa shape index (κ1) is 17.9. The van der Waals surface area contributed by atoms with Crippen LogP contribution in [0.4, 0.5) is 10.5 Å². The number of benzene rings is 1. The van der Waals surface area contributed by atoms with Gasteiger partial charge in [-0.15, -0.1) is 0 Å². The summed E-state index contributed by atoms with van der Waals surface area (Å²) in [5.74, 6) is 0.712. The number of aromatic nitrogens is 2. The zero-order valence-corrected chi connectivity index (χ0v) is 16.3. The number of nitrogens with zero attached hydrogens (tertiary/aromatic N) is 4. The van der Waals surface area contributed by atoms with E-state index in [2.05, 4.69) is 64.6 Å². The quantitative estimate of drug-likeness (QED) is 0.908. The van der Waals surface area contributed by atoms with Gasteiger partial charge in [-0.1, -0.05) is 30.3 Å². The van der Waals surface area contributed by atoms with Gasteiger partial charge in [0.2, 0.25) is 0 Å². The molecule has 142 valence electrons. The molecule has 27 heavy (non-hydrogen) atoms. The van der Waals surface area contributed by atoms with Crippen LogP contribution in [-0.2, 0) is 5.54 Å². The second-order valence-corrected chi connectivity index (χ2v) is 8.08. The molecule has 1 N–H and O–H groups in total. The lowest BCUT2D eigenvalue weighted by Crippen LogP contribution is -2.54. The second kappa shape index (κ2) is 6.60. The van der Waals surface area contributed by atoms with Gasteiger partial charge in [0.1, 0.15) is 5.82 Å². The van der Waals surface area contributed by atoms with E-state index in [4.69, 9.17) is 0 Å². The average molecular weight is 365 g/mol. The van der Waals surface area contributed by atoms with Gasteiger partial charge < -0.3 is 5.32 Å². The Labute approximate surface area is 160 Å². The molecule has 6 heteroatoms. The Morgan fingerprint density at radius 2 is 1.67 bits per heavy atom. The SMILES string of the molecule is Cc1ncc(N2CC3(CCC(c4ccccc4)(N(C)C)CC3)NC2=O)cn1. The first-order valence-corrected chi connectivity index (χ1v) is 9.56. The summed E-state index contributed by atoms with van der Waals surface area (Å²) >= 11 is 0. The summed E-state index contributed by atoms with van der Waals surface area (Å²) in [6.07, 6.45) is 7.41. The Hall–Kier alpha value is -2.47. The van der Waals surface area contributed by atoms with E-state index in [0.717, 1.165) is 31.4 Å². The maximum absolute atomic E-state index is 12.6. The maximum Gasteiger partial charge on any atom is 0.322 e. The fourth-order valence-corrected chi connectivity index (χ4v) is 4.61. The zero-order valence-electron chi connectivity index (χ0n) is 16.3. The van der Waals surface area contributed by atoms with Crippen molar-refractivity contribution in [3.8, 4) is 0 Å². The lowest BCUT2D eigenvalue weighted by molar-refractivity contribution is 0.0658. The van der Waals surface area contributed by atoms with Crippen molar-refractivity contribution < 1.29 is 4.79 Å².